The van der Waals surface area contributed by atoms with Crippen LogP contribution in [0.15, 0.2) is 39.9 Å². The first-order valence-electron chi connectivity index (χ1n) is 6.11. The number of sulfonamides is 1. The Bertz CT molecular complexity index is 763. The Hall–Kier alpha value is -2.04. The fraction of sp³-hybridized carbons (Fsp3) is 0.167. The minimum absolute atomic E-state index is 0.0365. The number of halogens is 1. The Morgan fingerprint density at radius 2 is 2.05 bits per heavy atom. The van der Waals surface area contributed by atoms with E-state index in [1.807, 2.05) is 0 Å². The van der Waals surface area contributed by atoms with Crippen LogP contribution in [0.5, 0.6) is 0 Å². The normalized spacial score (nSPS) is 11.3. The Labute approximate surface area is 130 Å². The molecule has 0 saturated heterocycles. The molecular formula is C12H12FN3O4S2. The number of nitro benzene ring substituents is 1. The lowest BCUT2D eigenvalue weighted by Gasteiger charge is -2.08. The molecule has 1 heterocycles. The molecule has 1 aromatic heterocycles. The number of hydrogen-bond donors (Lipinski definition) is 2. The summed E-state index contributed by atoms with van der Waals surface area (Å²) >= 11 is 1.09. The zero-order valence-corrected chi connectivity index (χ0v) is 12.8. The van der Waals surface area contributed by atoms with E-state index in [0.29, 0.717) is 0 Å². The second-order valence-electron chi connectivity index (χ2n) is 4.18. The summed E-state index contributed by atoms with van der Waals surface area (Å²) in [6.07, 6.45) is 0. The highest BCUT2D eigenvalue weighted by Crippen LogP contribution is 2.24. The van der Waals surface area contributed by atoms with Crippen LogP contribution >= 0.6 is 11.3 Å². The van der Waals surface area contributed by atoms with Gasteiger partial charge in [-0.1, -0.05) is 6.07 Å². The number of nitro groups is 1. The van der Waals surface area contributed by atoms with Crippen LogP contribution in [-0.2, 0) is 10.0 Å². The van der Waals surface area contributed by atoms with E-state index in [1.165, 1.54) is 12.1 Å². The highest BCUT2D eigenvalue weighted by molar-refractivity contribution is 7.91. The largest absolute Gasteiger partial charge is 0.378 e. The van der Waals surface area contributed by atoms with E-state index in [2.05, 4.69) is 10.0 Å². The summed E-state index contributed by atoms with van der Waals surface area (Å²) in [4.78, 5) is 10.1. The number of hydrogen-bond acceptors (Lipinski definition) is 6. The number of anilines is 1. The number of nitrogens with zero attached hydrogens (tertiary/aromatic N) is 1. The average Bonchev–Trinajstić information content (AvgIpc) is 2.99. The number of rotatable bonds is 7. The van der Waals surface area contributed by atoms with Gasteiger partial charge in [0.05, 0.1) is 11.0 Å². The van der Waals surface area contributed by atoms with Crippen molar-refractivity contribution in [2.24, 2.45) is 0 Å². The first kappa shape index (κ1) is 16.3. The molecule has 0 atom stereocenters. The molecule has 10 heteroatoms. The van der Waals surface area contributed by atoms with Crippen LogP contribution in [0.25, 0.3) is 0 Å². The highest BCUT2D eigenvalue weighted by Gasteiger charge is 2.16. The molecule has 0 aliphatic heterocycles. The van der Waals surface area contributed by atoms with Crippen molar-refractivity contribution in [2.45, 2.75) is 4.21 Å². The fourth-order valence-electron chi connectivity index (χ4n) is 1.68. The van der Waals surface area contributed by atoms with Gasteiger partial charge in [0, 0.05) is 13.1 Å². The van der Waals surface area contributed by atoms with Crippen LogP contribution in [0, 0.1) is 15.9 Å². The molecule has 2 N–H and O–H groups in total. The Morgan fingerprint density at radius 3 is 2.68 bits per heavy atom. The van der Waals surface area contributed by atoms with Gasteiger partial charge in [0.2, 0.25) is 10.0 Å². The molecule has 2 rings (SSSR count). The first-order chi connectivity index (χ1) is 10.4. The number of nitrogens with one attached hydrogen (secondary N) is 2. The van der Waals surface area contributed by atoms with Gasteiger partial charge in [-0.05, 0) is 23.6 Å². The maximum Gasteiger partial charge on any atom is 0.295 e. The molecule has 118 valence electrons. The van der Waals surface area contributed by atoms with Crippen molar-refractivity contribution in [3.63, 3.8) is 0 Å². The molecule has 0 aliphatic rings. The van der Waals surface area contributed by atoms with Gasteiger partial charge in [0.1, 0.15) is 15.7 Å². The third kappa shape index (κ3) is 4.00. The summed E-state index contributed by atoms with van der Waals surface area (Å²) in [6.45, 7) is 0.159. The molecule has 7 nitrogen and oxygen atoms in total. The van der Waals surface area contributed by atoms with Crippen molar-refractivity contribution in [3.8, 4) is 0 Å². The standard InChI is InChI=1S/C12H12FN3O4S2/c13-9-3-4-10(11(8-9)16(17)18)14-5-6-15-22(19,20)12-2-1-7-21-12/h1-4,7-8,14-15H,5-6H2. The van der Waals surface area contributed by atoms with E-state index < -0.39 is 26.5 Å². The van der Waals surface area contributed by atoms with Gasteiger partial charge in [-0.3, -0.25) is 10.1 Å². The van der Waals surface area contributed by atoms with E-state index in [4.69, 9.17) is 0 Å². The summed E-state index contributed by atoms with van der Waals surface area (Å²) < 4.78 is 39.2. The molecule has 0 amide bonds. The van der Waals surface area contributed by atoms with Crippen molar-refractivity contribution in [1.29, 1.82) is 0 Å². The smallest absolute Gasteiger partial charge is 0.295 e. The quantitative estimate of drug-likeness (QED) is 0.455. The summed E-state index contributed by atoms with van der Waals surface area (Å²) in [5.74, 6) is -0.712. The SMILES string of the molecule is O=[N+]([O-])c1cc(F)ccc1NCCNS(=O)(=O)c1cccs1. The van der Waals surface area contributed by atoms with Gasteiger partial charge in [0.25, 0.3) is 5.69 Å². The van der Waals surface area contributed by atoms with Crippen molar-refractivity contribution in [2.75, 3.05) is 18.4 Å². The molecule has 0 saturated carbocycles. The average molecular weight is 345 g/mol. The molecule has 0 aliphatic carbocycles. The summed E-state index contributed by atoms with van der Waals surface area (Å²) in [6, 6.07) is 6.23. The topological polar surface area (TPSA) is 101 Å². The second kappa shape index (κ2) is 6.81. The van der Waals surface area contributed by atoms with Crippen LogP contribution in [0.1, 0.15) is 0 Å². The second-order valence-corrected chi connectivity index (χ2v) is 7.12. The van der Waals surface area contributed by atoms with Crippen molar-refractivity contribution >= 4 is 32.7 Å². The monoisotopic (exact) mass is 345 g/mol. The van der Waals surface area contributed by atoms with Gasteiger partial charge in [0.15, 0.2) is 0 Å². The molecule has 0 fully saturated rings. The van der Waals surface area contributed by atoms with Gasteiger partial charge in [-0.25, -0.2) is 17.5 Å². The Morgan fingerprint density at radius 1 is 1.27 bits per heavy atom. The maximum atomic E-state index is 13.0. The molecule has 0 unspecified atom stereocenters. The molecule has 1 aromatic carbocycles. The zero-order valence-electron chi connectivity index (χ0n) is 11.2. The molecular weight excluding hydrogens is 333 g/mol. The Balaban J connectivity index is 1.94. The zero-order chi connectivity index (χ0) is 16.2. The van der Waals surface area contributed by atoms with Crippen molar-refractivity contribution in [3.05, 3.63) is 51.6 Å². The minimum Gasteiger partial charge on any atom is -0.378 e. The highest BCUT2D eigenvalue weighted by atomic mass is 32.2. The minimum atomic E-state index is -3.57. The summed E-state index contributed by atoms with van der Waals surface area (Å²) in [5, 5.41) is 15.2. The third-order valence-electron chi connectivity index (χ3n) is 2.65. The van der Waals surface area contributed by atoms with Gasteiger partial charge >= 0.3 is 0 Å². The van der Waals surface area contributed by atoms with Crippen LogP contribution in [0.2, 0.25) is 0 Å². The van der Waals surface area contributed by atoms with E-state index in [0.717, 1.165) is 23.5 Å². The third-order valence-corrected chi connectivity index (χ3v) is 5.51. The summed E-state index contributed by atoms with van der Waals surface area (Å²) in [5.41, 5.74) is -0.275. The molecule has 2 aromatic rings. The van der Waals surface area contributed by atoms with Gasteiger partial charge < -0.3 is 5.32 Å². The lowest BCUT2D eigenvalue weighted by Crippen LogP contribution is -2.28. The number of thiophene rings is 1. The fourth-order valence-corrected chi connectivity index (χ4v) is 3.74. The van der Waals surface area contributed by atoms with Crippen molar-refractivity contribution in [1.82, 2.24) is 4.72 Å². The maximum absolute atomic E-state index is 13.0. The summed E-state index contributed by atoms with van der Waals surface area (Å²) in [7, 11) is -3.57. The van der Waals surface area contributed by atoms with Gasteiger partial charge in [-0.2, -0.15) is 0 Å². The molecule has 22 heavy (non-hydrogen) atoms. The van der Waals surface area contributed by atoms with Crippen molar-refractivity contribution < 1.29 is 17.7 Å². The van der Waals surface area contributed by atoms with Crippen LogP contribution in [0.4, 0.5) is 15.8 Å². The van der Waals surface area contributed by atoms with E-state index in [1.54, 1.807) is 11.4 Å². The van der Waals surface area contributed by atoms with E-state index in [-0.39, 0.29) is 23.0 Å². The lowest BCUT2D eigenvalue weighted by molar-refractivity contribution is -0.384. The number of benzene rings is 1. The van der Waals surface area contributed by atoms with Crippen LogP contribution < -0.4 is 10.0 Å². The van der Waals surface area contributed by atoms with E-state index in [9.17, 15) is 22.9 Å². The van der Waals surface area contributed by atoms with Gasteiger partial charge in [-0.15, -0.1) is 11.3 Å². The predicted octanol–water partition coefficient (Wildman–Crippen LogP) is 2.19. The predicted molar refractivity (Wildman–Crippen MR) is 81.1 cm³/mol. The van der Waals surface area contributed by atoms with Crippen LogP contribution in [0.3, 0.4) is 0 Å². The lowest BCUT2D eigenvalue weighted by atomic mass is 10.2. The Kier molecular flexibility index (Phi) is 5.06. The molecule has 0 radical (unpaired) electrons. The first-order valence-corrected chi connectivity index (χ1v) is 8.47. The van der Waals surface area contributed by atoms with Crippen LogP contribution in [-0.4, -0.2) is 26.4 Å². The molecule has 0 spiro atoms. The van der Waals surface area contributed by atoms with E-state index >= 15 is 0 Å². The molecule has 0 bridgehead atoms.